The number of rotatable bonds is 4. The minimum absolute atomic E-state index is 0.321. The van der Waals surface area contributed by atoms with Crippen LogP contribution in [-0.4, -0.2) is 24.8 Å². The lowest BCUT2D eigenvalue weighted by Gasteiger charge is -2.52. The molecule has 1 N–H and O–H groups in total. The van der Waals surface area contributed by atoms with Crippen LogP contribution >= 0.6 is 0 Å². The van der Waals surface area contributed by atoms with Gasteiger partial charge in [-0.05, 0) is 38.5 Å². The largest absolute Gasteiger partial charge is 0.378 e. The van der Waals surface area contributed by atoms with Crippen LogP contribution in [0.4, 0.5) is 0 Å². The van der Waals surface area contributed by atoms with Gasteiger partial charge in [0, 0.05) is 24.1 Å². The summed E-state index contributed by atoms with van der Waals surface area (Å²) in [7, 11) is 0. The number of nitrogens with one attached hydrogen (secondary N) is 1. The zero-order valence-corrected chi connectivity index (χ0v) is 11.3. The molecule has 0 aliphatic heterocycles. The second kappa shape index (κ2) is 4.66. The molecule has 16 heavy (non-hydrogen) atoms. The SMILES string of the molecule is CCOC1CC(NC2CCC(C)C2)C1(C)C. The Balaban J connectivity index is 1.80. The van der Waals surface area contributed by atoms with Gasteiger partial charge in [0.1, 0.15) is 0 Å². The number of hydrogen-bond donors (Lipinski definition) is 1. The molecule has 0 aromatic heterocycles. The van der Waals surface area contributed by atoms with Gasteiger partial charge < -0.3 is 10.1 Å². The maximum atomic E-state index is 5.77. The summed E-state index contributed by atoms with van der Waals surface area (Å²) >= 11 is 0. The van der Waals surface area contributed by atoms with E-state index in [4.69, 9.17) is 4.74 Å². The molecule has 2 rings (SSSR count). The molecule has 4 atom stereocenters. The van der Waals surface area contributed by atoms with Crippen LogP contribution in [0.3, 0.4) is 0 Å². The van der Waals surface area contributed by atoms with E-state index in [-0.39, 0.29) is 0 Å². The predicted octanol–water partition coefficient (Wildman–Crippen LogP) is 2.97. The van der Waals surface area contributed by atoms with Crippen molar-refractivity contribution in [2.24, 2.45) is 11.3 Å². The Bertz CT molecular complexity index is 239. The van der Waals surface area contributed by atoms with Crippen LogP contribution in [-0.2, 0) is 4.74 Å². The Labute approximate surface area is 100 Å². The molecule has 2 aliphatic rings. The monoisotopic (exact) mass is 225 g/mol. The van der Waals surface area contributed by atoms with E-state index < -0.39 is 0 Å². The fourth-order valence-electron chi connectivity index (χ4n) is 3.30. The smallest absolute Gasteiger partial charge is 0.0655 e. The molecule has 2 fully saturated rings. The summed E-state index contributed by atoms with van der Waals surface area (Å²) in [5, 5.41) is 3.84. The van der Waals surface area contributed by atoms with Gasteiger partial charge in [-0.1, -0.05) is 20.8 Å². The average molecular weight is 225 g/mol. The molecule has 0 saturated heterocycles. The summed E-state index contributed by atoms with van der Waals surface area (Å²) in [6, 6.07) is 1.43. The first-order valence-corrected chi connectivity index (χ1v) is 6.91. The second-order valence-electron chi connectivity index (χ2n) is 6.34. The Morgan fingerprint density at radius 1 is 1.25 bits per heavy atom. The van der Waals surface area contributed by atoms with E-state index >= 15 is 0 Å². The van der Waals surface area contributed by atoms with Gasteiger partial charge in [-0.15, -0.1) is 0 Å². The van der Waals surface area contributed by atoms with Crippen LogP contribution in [0.25, 0.3) is 0 Å². The van der Waals surface area contributed by atoms with Crippen molar-refractivity contribution in [3.05, 3.63) is 0 Å². The molecule has 0 amide bonds. The van der Waals surface area contributed by atoms with Crippen molar-refractivity contribution in [3.8, 4) is 0 Å². The highest BCUT2D eigenvalue weighted by atomic mass is 16.5. The van der Waals surface area contributed by atoms with Gasteiger partial charge in [0.15, 0.2) is 0 Å². The van der Waals surface area contributed by atoms with Crippen molar-refractivity contribution >= 4 is 0 Å². The first-order chi connectivity index (χ1) is 7.54. The van der Waals surface area contributed by atoms with Crippen LogP contribution in [0, 0.1) is 11.3 Å². The summed E-state index contributed by atoms with van der Waals surface area (Å²) < 4.78 is 5.77. The molecular weight excluding hydrogens is 198 g/mol. The van der Waals surface area contributed by atoms with Crippen molar-refractivity contribution in [1.82, 2.24) is 5.32 Å². The summed E-state index contributed by atoms with van der Waals surface area (Å²) in [6.45, 7) is 9.99. The summed E-state index contributed by atoms with van der Waals surface area (Å²) in [5.74, 6) is 0.920. The normalized spacial score (nSPS) is 42.0. The number of hydrogen-bond acceptors (Lipinski definition) is 2. The van der Waals surface area contributed by atoms with E-state index in [1.54, 1.807) is 0 Å². The van der Waals surface area contributed by atoms with Gasteiger partial charge in [0.05, 0.1) is 6.10 Å². The predicted molar refractivity (Wildman–Crippen MR) is 67.5 cm³/mol. The quantitative estimate of drug-likeness (QED) is 0.794. The molecule has 2 saturated carbocycles. The Morgan fingerprint density at radius 2 is 2.00 bits per heavy atom. The van der Waals surface area contributed by atoms with Crippen molar-refractivity contribution < 1.29 is 4.74 Å². The Hall–Kier alpha value is -0.0800. The molecule has 0 heterocycles. The van der Waals surface area contributed by atoms with E-state index in [9.17, 15) is 0 Å². The van der Waals surface area contributed by atoms with E-state index in [2.05, 4.69) is 33.0 Å². The third kappa shape index (κ3) is 2.28. The minimum atomic E-state index is 0.321. The molecule has 0 spiro atoms. The summed E-state index contributed by atoms with van der Waals surface area (Å²) in [5.41, 5.74) is 0.321. The first-order valence-electron chi connectivity index (χ1n) is 6.91. The maximum absolute atomic E-state index is 5.77. The summed E-state index contributed by atoms with van der Waals surface area (Å²) in [4.78, 5) is 0. The minimum Gasteiger partial charge on any atom is -0.378 e. The van der Waals surface area contributed by atoms with Crippen LogP contribution in [0.5, 0.6) is 0 Å². The molecule has 2 aliphatic carbocycles. The lowest BCUT2D eigenvalue weighted by atomic mass is 9.64. The molecule has 2 nitrogen and oxygen atoms in total. The van der Waals surface area contributed by atoms with Gasteiger partial charge in [-0.25, -0.2) is 0 Å². The van der Waals surface area contributed by atoms with Crippen molar-refractivity contribution in [2.45, 2.75) is 71.6 Å². The Kier molecular flexibility index (Phi) is 3.60. The van der Waals surface area contributed by atoms with Gasteiger partial charge >= 0.3 is 0 Å². The third-order valence-electron chi connectivity index (χ3n) is 4.68. The second-order valence-corrected chi connectivity index (χ2v) is 6.34. The van der Waals surface area contributed by atoms with E-state index in [0.717, 1.165) is 18.6 Å². The molecule has 0 radical (unpaired) electrons. The number of ether oxygens (including phenoxy) is 1. The molecule has 0 aromatic rings. The van der Waals surface area contributed by atoms with Crippen molar-refractivity contribution in [2.75, 3.05) is 6.61 Å². The zero-order chi connectivity index (χ0) is 11.8. The standard InChI is InChI=1S/C14H27NO/c1-5-16-13-9-12(14(13,3)4)15-11-7-6-10(2)8-11/h10-13,15H,5-9H2,1-4H3. The van der Waals surface area contributed by atoms with Crippen molar-refractivity contribution in [1.29, 1.82) is 0 Å². The van der Waals surface area contributed by atoms with Gasteiger partial charge in [-0.2, -0.15) is 0 Å². The van der Waals surface area contributed by atoms with Crippen LogP contribution < -0.4 is 5.32 Å². The average Bonchev–Trinajstić information content (AvgIpc) is 2.63. The highest BCUT2D eigenvalue weighted by Gasteiger charge is 2.49. The van der Waals surface area contributed by atoms with E-state index in [1.807, 2.05) is 0 Å². The third-order valence-corrected chi connectivity index (χ3v) is 4.68. The zero-order valence-electron chi connectivity index (χ0n) is 11.3. The lowest BCUT2D eigenvalue weighted by Crippen LogP contribution is -2.62. The molecule has 0 bridgehead atoms. The highest BCUT2D eigenvalue weighted by Crippen LogP contribution is 2.43. The van der Waals surface area contributed by atoms with Gasteiger partial charge in [0.2, 0.25) is 0 Å². The maximum Gasteiger partial charge on any atom is 0.0655 e. The van der Waals surface area contributed by atoms with E-state index in [1.165, 1.54) is 25.7 Å². The first kappa shape index (κ1) is 12.4. The van der Waals surface area contributed by atoms with Crippen LogP contribution in [0.1, 0.15) is 53.4 Å². The molecule has 2 heteroatoms. The van der Waals surface area contributed by atoms with Gasteiger partial charge in [-0.3, -0.25) is 0 Å². The molecule has 94 valence electrons. The molecule has 0 aromatic carbocycles. The fourth-order valence-corrected chi connectivity index (χ4v) is 3.30. The molecule has 4 unspecified atom stereocenters. The highest BCUT2D eigenvalue weighted by molar-refractivity contribution is 5.04. The van der Waals surface area contributed by atoms with Crippen molar-refractivity contribution in [3.63, 3.8) is 0 Å². The van der Waals surface area contributed by atoms with E-state index in [0.29, 0.717) is 17.6 Å². The summed E-state index contributed by atoms with van der Waals surface area (Å²) in [6.07, 6.45) is 5.80. The topological polar surface area (TPSA) is 21.3 Å². The Morgan fingerprint density at radius 3 is 2.50 bits per heavy atom. The van der Waals surface area contributed by atoms with Crippen LogP contribution in [0.15, 0.2) is 0 Å². The van der Waals surface area contributed by atoms with Gasteiger partial charge in [0.25, 0.3) is 0 Å². The fraction of sp³-hybridized carbons (Fsp3) is 1.00. The lowest BCUT2D eigenvalue weighted by molar-refractivity contribution is -0.116. The molecular formula is C14H27NO. The van der Waals surface area contributed by atoms with Crippen LogP contribution in [0.2, 0.25) is 0 Å².